The Morgan fingerprint density at radius 3 is 2.79 bits per heavy atom. The van der Waals surface area contributed by atoms with Crippen LogP contribution < -0.4 is 4.74 Å². The van der Waals surface area contributed by atoms with Crippen molar-refractivity contribution in [3.05, 3.63) is 65.0 Å². The van der Waals surface area contributed by atoms with E-state index in [0.29, 0.717) is 22.4 Å². The molecule has 1 amide bonds. The first-order chi connectivity index (χ1) is 11.5. The first-order valence-electron chi connectivity index (χ1n) is 7.18. The molecule has 124 valence electrons. The van der Waals surface area contributed by atoms with Gasteiger partial charge in [0, 0.05) is 12.1 Å². The van der Waals surface area contributed by atoms with Gasteiger partial charge in [0.15, 0.2) is 0 Å². The number of hydrogen-bond acceptors (Lipinski definition) is 4. The Morgan fingerprint density at radius 1 is 1.29 bits per heavy atom. The molecule has 24 heavy (non-hydrogen) atoms. The third-order valence-electron chi connectivity index (χ3n) is 3.72. The van der Waals surface area contributed by atoms with E-state index < -0.39 is 18.1 Å². The molecule has 0 bridgehead atoms. The van der Waals surface area contributed by atoms with Gasteiger partial charge in [-0.25, -0.2) is 9.18 Å². The highest BCUT2D eigenvalue weighted by atomic mass is 19.1. The topological polar surface area (TPSA) is 87.1 Å². The number of carbonyl (C=O) groups is 2. The van der Waals surface area contributed by atoms with Crippen LogP contribution in [0.5, 0.6) is 5.75 Å². The van der Waals surface area contributed by atoms with Crippen molar-refractivity contribution in [2.45, 2.75) is 19.4 Å². The second-order valence-corrected chi connectivity index (χ2v) is 5.38. The van der Waals surface area contributed by atoms with E-state index in [1.54, 1.807) is 24.3 Å². The number of benzene rings is 2. The summed E-state index contributed by atoms with van der Waals surface area (Å²) < 4.78 is 18.7. The summed E-state index contributed by atoms with van der Waals surface area (Å²) in [6.07, 6.45) is -1.89. The number of ether oxygens (including phenoxy) is 1. The Balaban J connectivity index is 1.73. The number of aliphatic hydroxyl groups is 1. The zero-order valence-electron chi connectivity index (χ0n) is 12.5. The van der Waals surface area contributed by atoms with Crippen LogP contribution in [0.1, 0.15) is 21.5 Å². The van der Waals surface area contributed by atoms with Crippen LogP contribution in [0.3, 0.4) is 0 Å². The maximum atomic E-state index is 13.1. The maximum absolute atomic E-state index is 13.1. The number of rotatable bonds is 5. The highest BCUT2D eigenvalue weighted by molar-refractivity contribution is 6.00. The number of fused-ring (bicyclic) bond motifs is 1. The number of hydrogen-bond donors (Lipinski definition) is 2. The van der Waals surface area contributed by atoms with Crippen molar-refractivity contribution < 1.29 is 28.9 Å². The lowest BCUT2D eigenvalue weighted by Crippen LogP contribution is -2.41. The van der Waals surface area contributed by atoms with Crippen molar-refractivity contribution in [3.8, 4) is 5.75 Å². The van der Waals surface area contributed by atoms with Gasteiger partial charge in [-0.2, -0.15) is 0 Å². The first kappa shape index (κ1) is 15.9. The molecule has 0 aromatic heterocycles. The molecular formula is C17H14FNO5. The van der Waals surface area contributed by atoms with Crippen LogP contribution in [-0.4, -0.2) is 33.2 Å². The van der Waals surface area contributed by atoms with Crippen molar-refractivity contribution in [3.63, 3.8) is 0 Å². The monoisotopic (exact) mass is 331 g/mol. The molecule has 0 saturated carbocycles. The van der Waals surface area contributed by atoms with E-state index in [1.165, 1.54) is 18.2 Å². The summed E-state index contributed by atoms with van der Waals surface area (Å²) in [5.41, 5.74) is 1.56. The average molecular weight is 331 g/mol. The van der Waals surface area contributed by atoms with Gasteiger partial charge in [0.2, 0.25) is 6.23 Å². The quantitative estimate of drug-likeness (QED) is 0.872. The van der Waals surface area contributed by atoms with Crippen molar-refractivity contribution >= 4 is 11.9 Å². The highest BCUT2D eigenvalue weighted by Crippen LogP contribution is 2.28. The normalized spacial score (nSPS) is 14.4. The highest BCUT2D eigenvalue weighted by Gasteiger charge is 2.35. The Kier molecular flexibility index (Phi) is 4.18. The summed E-state index contributed by atoms with van der Waals surface area (Å²) in [6.45, 7) is 0.144. The van der Waals surface area contributed by atoms with Gasteiger partial charge in [0.1, 0.15) is 18.2 Å². The fourth-order valence-corrected chi connectivity index (χ4v) is 2.53. The minimum atomic E-state index is -1.89. The van der Waals surface area contributed by atoms with Crippen molar-refractivity contribution in [1.82, 2.24) is 4.90 Å². The molecule has 1 heterocycles. The first-order valence-corrected chi connectivity index (χ1v) is 7.18. The van der Waals surface area contributed by atoms with Gasteiger partial charge in [0.25, 0.3) is 5.91 Å². The van der Waals surface area contributed by atoms with Gasteiger partial charge >= 0.3 is 5.97 Å². The Labute approximate surface area is 136 Å². The smallest absolute Gasteiger partial charge is 0.354 e. The predicted octanol–water partition coefficient (Wildman–Crippen LogP) is 1.76. The third kappa shape index (κ3) is 3.07. The molecule has 3 rings (SSSR count). The van der Waals surface area contributed by atoms with E-state index in [4.69, 9.17) is 9.84 Å². The molecule has 1 atom stereocenters. The van der Waals surface area contributed by atoms with Gasteiger partial charge in [-0.3, -0.25) is 9.69 Å². The second-order valence-electron chi connectivity index (χ2n) is 5.38. The standard InChI is InChI=1S/C17H14FNO5/c18-12-3-1-2-10(6-12)9-24-13-4-5-14-11(7-13)8-19(15(14)20)16(21)17(22)23/h1-7,16,21H,8-9H2,(H,22,23). The molecule has 1 aliphatic rings. The number of amides is 1. The lowest BCUT2D eigenvalue weighted by molar-refractivity contribution is -0.155. The minimum Gasteiger partial charge on any atom is -0.489 e. The van der Waals surface area contributed by atoms with Crippen molar-refractivity contribution in [2.24, 2.45) is 0 Å². The van der Waals surface area contributed by atoms with E-state index in [1.807, 2.05) is 0 Å². The molecule has 1 unspecified atom stereocenters. The zero-order valence-corrected chi connectivity index (χ0v) is 12.5. The number of carbonyl (C=O) groups excluding carboxylic acids is 1. The summed E-state index contributed by atoms with van der Waals surface area (Å²) in [4.78, 5) is 23.8. The molecule has 2 aromatic rings. The van der Waals surface area contributed by atoms with Gasteiger partial charge in [-0.1, -0.05) is 12.1 Å². The molecule has 0 spiro atoms. The van der Waals surface area contributed by atoms with E-state index in [2.05, 4.69) is 0 Å². The SMILES string of the molecule is O=C(O)C(O)N1Cc2cc(OCc3cccc(F)c3)ccc2C1=O. The molecule has 1 aliphatic heterocycles. The van der Waals surface area contributed by atoms with Crippen LogP contribution in [0, 0.1) is 5.82 Å². The summed E-state index contributed by atoms with van der Waals surface area (Å²) in [5.74, 6) is -1.92. The summed E-state index contributed by atoms with van der Waals surface area (Å²) >= 11 is 0. The van der Waals surface area contributed by atoms with E-state index in [0.717, 1.165) is 4.90 Å². The lowest BCUT2D eigenvalue weighted by Gasteiger charge is -2.18. The van der Waals surface area contributed by atoms with E-state index in [-0.39, 0.29) is 19.0 Å². The van der Waals surface area contributed by atoms with Gasteiger partial charge in [-0.15, -0.1) is 0 Å². The number of aliphatic hydroxyl groups excluding tert-OH is 1. The predicted molar refractivity (Wildman–Crippen MR) is 80.7 cm³/mol. The molecule has 6 nitrogen and oxygen atoms in total. The van der Waals surface area contributed by atoms with Gasteiger partial charge in [-0.05, 0) is 41.5 Å². The van der Waals surface area contributed by atoms with Crippen LogP contribution in [-0.2, 0) is 17.9 Å². The number of carboxylic acid groups (broad SMARTS) is 1. The fraction of sp³-hybridized carbons (Fsp3) is 0.176. The van der Waals surface area contributed by atoms with Crippen molar-refractivity contribution in [2.75, 3.05) is 0 Å². The molecule has 0 fully saturated rings. The molecule has 2 aromatic carbocycles. The van der Waals surface area contributed by atoms with Gasteiger partial charge in [0.05, 0.1) is 0 Å². The van der Waals surface area contributed by atoms with Crippen molar-refractivity contribution in [1.29, 1.82) is 0 Å². The lowest BCUT2D eigenvalue weighted by atomic mass is 10.1. The summed E-state index contributed by atoms with van der Waals surface area (Å²) in [6, 6.07) is 10.7. The molecule has 7 heteroatoms. The molecule has 0 radical (unpaired) electrons. The van der Waals surface area contributed by atoms with E-state index >= 15 is 0 Å². The zero-order chi connectivity index (χ0) is 17.3. The van der Waals surface area contributed by atoms with E-state index in [9.17, 15) is 19.1 Å². The van der Waals surface area contributed by atoms with Crippen LogP contribution in [0.15, 0.2) is 42.5 Å². The molecule has 2 N–H and O–H groups in total. The summed E-state index contributed by atoms with van der Waals surface area (Å²) in [5, 5.41) is 18.4. The number of carboxylic acids is 1. The van der Waals surface area contributed by atoms with Crippen LogP contribution >= 0.6 is 0 Å². The van der Waals surface area contributed by atoms with Crippen LogP contribution in [0.4, 0.5) is 4.39 Å². The summed E-state index contributed by atoms with van der Waals surface area (Å²) in [7, 11) is 0. The number of aliphatic carboxylic acids is 1. The maximum Gasteiger partial charge on any atom is 0.354 e. The second kappa shape index (κ2) is 6.29. The molecular weight excluding hydrogens is 317 g/mol. The third-order valence-corrected chi connectivity index (χ3v) is 3.72. The Bertz CT molecular complexity index is 807. The number of nitrogens with zero attached hydrogens (tertiary/aromatic N) is 1. The fourth-order valence-electron chi connectivity index (χ4n) is 2.53. The Hall–Kier alpha value is -2.93. The van der Waals surface area contributed by atoms with Crippen LogP contribution in [0.25, 0.3) is 0 Å². The van der Waals surface area contributed by atoms with Crippen LogP contribution in [0.2, 0.25) is 0 Å². The largest absolute Gasteiger partial charge is 0.489 e. The molecule has 0 saturated heterocycles. The minimum absolute atomic E-state index is 0.0151. The molecule has 0 aliphatic carbocycles. The van der Waals surface area contributed by atoms with Gasteiger partial charge < -0.3 is 14.9 Å². The number of halogens is 1. The Morgan fingerprint density at radius 2 is 2.08 bits per heavy atom. The average Bonchev–Trinajstić information content (AvgIpc) is 2.88.